The zero-order chi connectivity index (χ0) is 21.1. The molecule has 1 amide bonds. The number of carbonyl (C=O) groups is 2. The van der Waals surface area contributed by atoms with Gasteiger partial charge in [-0.25, -0.2) is 0 Å². The summed E-state index contributed by atoms with van der Waals surface area (Å²) in [6.45, 7) is 0.480. The molecule has 0 aromatic heterocycles. The third-order valence-electron chi connectivity index (χ3n) is 5.20. The summed E-state index contributed by atoms with van der Waals surface area (Å²) in [5, 5.41) is 19.9. The first-order valence-electron chi connectivity index (χ1n) is 9.64. The standard InChI is InChI=1S/C23H20N2O5/c24-11-3-4-12-25-19-6-2-1-5-18(19)23(28,22(25)27)14-17(26)9-7-16-8-10-20-21(13-16)30-15-29-20/h1-2,5-10,13,28H,3-4,12,14-15H2/b9-7+/t23-/m0/s1. The number of unbranched alkanes of at least 4 members (excludes halogenated alkanes) is 1. The number of amides is 1. The molecule has 2 aromatic rings. The van der Waals surface area contributed by atoms with Crippen molar-refractivity contribution in [2.24, 2.45) is 0 Å². The Morgan fingerprint density at radius 2 is 2.03 bits per heavy atom. The molecule has 4 rings (SSSR count). The second kappa shape index (κ2) is 8.01. The Morgan fingerprint density at radius 3 is 2.87 bits per heavy atom. The van der Waals surface area contributed by atoms with E-state index < -0.39 is 11.5 Å². The minimum absolute atomic E-state index is 0.168. The monoisotopic (exact) mass is 404 g/mol. The van der Waals surface area contributed by atoms with E-state index in [4.69, 9.17) is 14.7 Å². The number of benzene rings is 2. The molecule has 152 valence electrons. The summed E-state index contributed by atoms with van der Waals surface area (Å²) in [6, 6.07) is 14.3. The predicted octanol–water partition coefficient (Wildman–Crippen LogP) is 2.93. The maximum atomic E-state index is 13.0. The Labute approximate surface area is 173 Å². The van der Waals surface area contributed by atoms with Crippen LogP contribution in [0.3, 0.4) is 0 Å². The van der Waals surface area contributed by atoms with E-state index in [1.807, 2.05) is 0 Å². The van der Waals surface area contributed by atoms with Gasteiger partial charge in [0.25, 0.3) is 5.91 Å². The van der Waals surface area contributed by atoms with Crippen LogP contribution in [-0.2, 0) is 15.2 Å². The molecule has 30 heavy (non-hydrogen) atoms. The van der Waals surface area contributed by atoms with Crippen molar-refractivity contribution in [3.05, 3.63) is 59.7 Å². The molecule has 1 atom stereocenters. The number of carbonyl (C=O) groups excluding carboxylic acids is 2. The van der Waals surface area contributed by atoms with E-state index in [1.165, 1.54) is 11.0 Å². The Kier molecular flexibility index (Phi) is 5.25. The lowest BCUT2D eigenvalue weighted by Gasteiger charge is -2.22. The summed E-state index contributed by atoms with van der Waals surface area (Å²) in [7, 11) is 0. The average Bonchev–Trinajstić information content (AvgIpc) is 3.29. The van der Waals surface area contributed by atoms with Gasteiger partial charge >= 0.3 is 0 Å². The van der Waals surface area contributed by atoms with Gasteiger partial charge in [-0.3, -0.25) is 9.59 Å². The van der Waals surface area contributed by atoms with Crippen LogP contribution in [0.5, 0.6) is 11.5 Å². The van der Waals surface area contributed by atoms with Crippen LogP contribution in [0.25, 0.3) is 6.08 Å². The topological polar surface area (TPSA) is 99.9 Å². The lowest BCUT2D eigenvalue weighted by molar-refractivity contribution is -0.140. The maximum absolute atomic E-state index is 13.0. The Morgan fingerprint density at radius 1 is 1.23 bits per heavy atom. The third-order valence-corrected chi connectivity index (χ3v) is 5.20. The van der Waals surface area contributed by atoms with Gasteiger partial charge in [-0.1, -0.05) is 30.3 Å². The molecule has 2 aromatic carbocycles. The molecule has 2 aliphatic rings. The van der Waals surface area contributed by atoms with E-state index in [1.54, 1.807) is 48.5 Å². The van der Waals surface area contributed by atoms with Gasteiger partial charge in [0.2, 0.25) is 6.79 Å². The molecule has 0 bridgehead atoms. The van der Waals surface area contributed by atoms with Gasteiger partial charge < -0.3 is 19.5 Å². The van der Waals surface area contributed by atoms with Crippen LogP contribution >= 0.6 is 0 Å². The first-order valence-corrected chi connectivity index (χ1v) is 9.64. The molecule has 0 saturated heterocycles. The van der Waals surface area contributed by atoms with E-state index in [9.17, 15) is 14.7 Å². The van der Waals surface area contributed by atoms with Crippen molar-refractivity contribution in [3.63, 3.8) is 0 Å². The summed E-state index contributed by atoms with van der Waals surface area (Å²) in [4.78, 5) is 27.1. The van der Waals surface area contributed by atoms with E-state index in [-0.39, 0.29) is 19.0 Å². The molecule has 0 saturated carbocycles. The number of nitriles is 1. The van der Waals surface area contributed by atoms with E-state index in [0.717, 1.165) is 5.56 Å². The van der Waals surface area contributed by atoms with E-state index in [2.05, 4.69) is 6.07 Å². The van der Waals surface area contributed by atoms with Crippen LogP contribution < -0.4 is 14.4 Å². The van der Waals surface area contributed by atoms with Crippen LogP contribution in [-0.4, -0.2) is 30.1 Å². The molecule has 0 aliphatic carbocycles. The zero-order valence-corrected chi connectivity index (χ0v) is 16.2. The quantitative estimate of drug-likeness (QED) is 0.563. The zero-order valence-electron chi connectivity index (χ0n) is 16.2. The number of hydrogen-bond acceptors (Lipinski definition) is 6. The maximum Gasteiger partial charge on any atom is 0.264 e. The van der Waals surface area contributed by atoms with Crippen LogP contribution in [0.1, 0.15) is 30.4 Å². The van der Waals surface area contributed by atoms with Crippen molar-refractivity contribution in [3.8, 4) is 17.6 Å². The number of ketones is 1. The minimum atomic E-state index is -1.92. The van der Waals surface area contributed by atoms with Crippen molar-refractivity contribution in [2.45, 2.75) is 24.9 Å². The molecule has 7 heteroatoms. The highest BCUT2D eigenvalue weighted by Gasteiger charge is 2.50. The second-order valence-electron chi connectivity index (χ2n) is 7.19. The number of aliphatic hydroxyl groups is 1. The van der Waals surface area contributed by atoms with E-state index in [0.29, 0.717) is 42.1 Å². The van der Waals surface area contributed by atoms with Crippen LogP contribution in [0.15, 0.2) is 48.5 Å². The number of anilines is 1. The van der Waals surface area contributed by atoms with Crippen molar-refractivity contribution < 1.29 is 24.2 Å². The van der Waals surface area contributed by atoms with E-state index >= 15 is 0 Å². The average molecular weight is 404 g/mol. The molecule has 0 unspecified atom stereocenters. The highest BCUT2D eigenvalue weighted by atomic mass is 16.7. The predicted molar refractivity (Wildman–Crippen MR) is 109 cm³/mol. The molecule has 2 aliphatic heterocycles. The number of hydrogen-bond donors (Lipinski definition) is 1. The largest absolute Gasteiger partial charge is 0.454 e. The van der Waals surface area contributed by atoms with Crippen molar-refractivity contribution in [1.29, 1.82) is 5.26 Å². The Balaban J connectivity index is 1.52. The Bertz CT molecular complexity index is 1070. The minimum Gasteiger partial charge on any atom is -0.454 e. The highest BCUT2D eigenvalue weighted by Crippen LogP contribution is 2.42. The molecule has 7 nitrogen and oxygen atoms in total. The fourth-order valence-electron chi connectivity index (χ4n) is 3.73. The number of fused-ring (bicyclic) bond motifs is 2. The number of nitrogens with zero attached hydrogens (tertiary/aromatic N) is 2. The van der Waals surface area contributed by atoms with Gasteiger partial charge in [-0.15, -0.1) is 0 Å². The van der Waals surface area contributed by atoms with Crippen molar-refractivity contribution in [2.75, 3.05) is 18.2 Å². The third kappa shape index (κ3) is 3.53. The van der Waals surface area contributed by atoms with Crippen molar-refractivity contribution in [1.82, 2.24) is 0 Å². The lowest BCUT2D eigenvalue weighted by atomic mass is 9.89. The molecule has 2 heterocycles. The molecule has 1 N–H and O–H groups in total. The van der Waals surface area contributed by atoms with Gasteiger partial charge in [-0.05, 0) is 36.3 Å². The number of allylic oxidation sites excluding steroid dienone is 1. The number of para-hydroxylation sites is 1. The van der Waals surface area contributed by atoms with Gasteiger partial charge in [-0.2, -0.15) is 5.26 Å². The number of ether oxygens (including phenoxy) is 2. The number of rotatable bonds is 7. The highest BCUT2D eigenvalue weighted by molar-refractivity contribution is 6.10. The van der Waals surface area contributed by atoms with Gasteiger partial charge in [0.15, 0.2) is 22.9 Å². The first-order chi connectivity index (χ1) is 14.5. The summed E-state index contributed by atoms with van der Waals surface area (Å²) in [5.74, 6) is 0.345. The lowest BCUT2D eigenvalue weighted by Crippen LogP contribution is -2.42. The molecule has 0 radical (unpaired) electrons. The van der Waals surface area contributed by atoms with Gasteiger partial charge in [0.05, 0.1) is 18.2 Å². The van der Waals surface area contributed by atoms with Gasteiger partial charge in [0, 0.05) is 18.5 Å². The summed E-state index contributed by atoms with van der Waals surface area (Å²) >= 11 is 0. The fraction of sp³-hybridized carbons (Fsp3) is 0.261. The molecular formula is C23H20N2O5. The summed E-state index contributed by atoms with van der Waals surface area (Å²) in [5.41, 5.74) is -0.178. The SMILES string of the molecule is N#CCCCN1C(=O)[C@](O)(CC(=O)/C=C/c2ccc3c(c2)OCO3)c2ccccc21. The smallest absolute Gasteiger partial charge is 0.264 e. The normalized spacial score (nSPS) is 19.2. The van der Waals surface area contributed by atoms with Crippen LogP contribution in [0.2, 0.25) is 0 Å². The Hall–Kier alpha value is -3.63. The summed E-state index contributed by atoms with van der Waals surface area (Å²) < 4.78 is 10.6. The molecule has 0 spiro atoms. The van der Waals surface area contributed by atoms with Crippen LogP contribution in [0.4, 0.5) is 5.69 Å². The molecular weight excluding hydrogens is 384 g/mol. The molecule has 0 fully saturated rings. The summed E-state index contributed by atoms with van der Waals surface area (Å²) in [6.07, 6.45) is 3.40. The second-order valence-corrected chi connectivity index (χ2v) is 7.19. The van der Waals surface area contributed by atoms with Crippen molar-refractivity contribution >= 4 is 23.5 Å². The van der Waals surface area contributed by atoms with Crippen LogP contribution in [0, 0.1) is 11.3 Å². The fourth-order valence-corrected chi connectivity index (χ4v) is 3.73. The first kappa shape index (κ1) is 19.7. The van der Waals surface area contributed by atoms with Gasteiger partial charge in [0.1, 0.15) is 0 Å².